The molecular formula is C18H20F3N7O. The number of anilines is 2. The van der Waals surface area contributed by atoms with Crippen LogP contribution in [-0.2, 0) is 6.54 Å². The summed E-state index contributed by atoms with van der Waals surface area (Å²) in [6.45, 7) is 0.0607. The zero-order chi connectivity index (χ0) is 20.4. The van der Waals surface area contributed by atoms with Crippen molar-refractivity contribution in [2.24, 2.45) is 0 Å². The van der Waals surface area contributed by atoms with Crippen molar-refractivity contribution in [2.75, 3.05) is 11.1 Å². The summed E-state index contributed by atoms with van der Waals surface area (Å²) < 4.78 is 43.3. The van der Waals surface area contributed by atoms with Crippen LogP contribution in [0.15, 0.2) is 55.1 Å². The first kappa shape index (κ1) is 18.5. The molecule has 0 bridgehead atoms. The van der Waals surface area contributed by atoms with Crippen molar-refractivity contribution in [3.8, 4) is 17.0 Å². The molecule has 8 nitrogen and oxygen atoms in total. The zero-order valence-electron chi connectivity index (χ0n) is 14.8. The van der Waals surface area contributed by atoms with Crippen molar-refractivity contribution in [1.82, 2.24) is 24.6 Å². The van der Waals surface area contributed by atoms with Crippen LogP contribution in [-0.4, -0.2) is 30.9 Å². The molecule has 0 aliphatic heterocycles. The number of nitrogen functional groups attached to an aromatic ring is 1. The second-order valence-corrected chi connectivity index (χ2v) is 5.95. The topological polar surface area (TPSA) is 103 Å². The van der Waals surface area contributed by atoms with E-state index >= 15 is 0 Å². The number of nitrogens with two attached hydrogens (primary N) is 1. The van der Waals surface area contributed by atoms with E-state index in [0.29, 0.717) is 28.3 Å². The molecule has 0 atom stereocenters. The van der Waals surface area contributed by atoms with Gasteiger partial charge in [-0.15, -0.1) is 18.3 Å². The number of halogens is 3. The van der Waals surface area contributed by atoms with Gasteiger partial charge in [0, 0.05) is 34.8 Å². The third-order valence-electron chi connectivity index (χ3n) is 4.00. The number of hydrogen-bond donors (Lipinski definition) is 2. The number of nitrogens with one attached hydrogen (secondary N) is 1. The molecule has 0 aliphatic carbocycles. The fourth-order valence-corrected chi connectivity index (χ4v) is 2.80. The summed E-state index contributed by atoms with van der Waals surface area (Å²) in [6.07, 6.45) is -0.133. The van der Waals surface area contributed by atoms with E-state index in [1.807, 2.05) is 0 Å². The number of para-hydroxylation sites is 1. The van der Waals surface area contributed by atoms with Gasteiger partial charge in [-0.05, 0) is 12.1 Å². The molecule has 11 heteroatoms. The van der Waals surface area contributed by atoms with Gasteiger partial charge in [-0.3, -0.25) is 0 Å². The Morgan fingerprint density at radius 2 is 1.97 bits per heavy atom. The molecule has 1 aromatic carbocycles. The van der Waals surface area contributed by atoms with Gasteiger partial charge in [-0.1, -0.05) is 18.2 Å². The molecule has 154 valence electrons. The van der Waals surface area contributed by atoms with E-state index < -0.39 is 6.36 Å². The van der Waals surface area contributed by atoms with Gasteiger partial charge in [-0.25, -0.2) is 19.5 Å². The molecule has 0 unspecified atom stereocenters. The van der Waals surface area contributed by atoms with Crippen LogP contribution in [0.25, 0.3) is 16.9 Å². The van der Waals surface area contributed by atoms with Gasteiger partial charge in [0.15, 0.2) is 11.5 Å². The minimum absolute atomic E-state index is 0. The summed E-state index contributed by atoms with van der Waals surface area (Å²) in [4.78, 5) is 12.6. The number of rotatable bonds is 5. The van der Waals surface area contributed by atoms with Crippen LogP contribution >= 0.6 is 0 Å². The van der Waals surface area contributed by atoms with Gasteiger partial charge in [0.25, 0.3) is 0 Å². The first-order chi connectivity index (χ1) is 13.9. The van der Waals surface area contributed by atoms with Gasteiger partial charge in [0.2, 0.25) is 0 Å². The molecule has 0 saturated heterocycles. The third-order valence-corrected chi connectivity index (χ3v) is 4.00. The summed E-state index contributed by atoms with van der Waals surface area (Å²) in [6, 6.07) is 9.21. The van der Waals surface area contributed by atoms with E-state index in [2.05, 4.69) is 30.1 Å². The number of aromatic nitrogens is 5. The van der Waals surface area contributed by atoms with E-state index in [9.17, 15) is 13.2 Å². The van der Waals surface area contributed by atoms with Crippen LogP contribution in [0.3, 0.4) is 0 Å². The van der Waals surface area contributed by atoms with Gasteiger partial charge in [0.1, 0.15) is 17.9 Å². The highest BCUT2D eigenvalue weighted by Gasteiger charge is 2.31. The lowest BCUT2D eigenvalue weighted by Gasteiger charge is -2.14. The van der Waals surface area contributed by atoms with Crippen molar-refractivity contribution < 1.29 is 22.2 Å². The molecule has 4 aromatic rings. The smallest absolute Gasteiger partial charge is 0.405 e. The number of hydrogen-bond acceptors (Lipinski definition) is 7. The first-order valence-corrected chi connectivity index (χ1v) is 8.39. The highest BCUT2D eigenvalue weighted by atomic mass is 19.4. The average molecular weight is 407 g/mol. The van der Waals surface area contributed by atoms with Crippen molar-refractivity contribution in [2.45, 2.75) is 12.9 Å². The molecule has 0 amide bonds. The van der Waals surface area contributed by atoms with E-state index in [-0.39, 0.29) is 22.4 Å². The maximum Gasteiger partial charge on any atom is 0.573 e. The second kappa shape index (κ2) is 7.26. The number of benzene rings is 1. The molecule has 3 aromatic heterocycles. The van der Waals surface area contributed by atoms with Crippen molar-refractivity contribution in [3.63, 3.8) is 0 Å². The molecule has 0 radical (unpaired) electrons. The fraction of sp³-hybridized carbons (Fsp3) is 0.111. The maximum absolute atomic E-state index is 12.6. The Morgan fingerprint density at radius 1 is 1.14 bits per heavy atom. The molecule has 3 heterocycles. The minimum Gasteiger partial charge on any atom is -0.405 e. The van der Waals surface area contributed by atoms with Gasteiger partial charge in [0.05, 0.1) is 11.3 Å². The molecule has 3 N–H and O–H groups in total. The Labute approximate surface area is 166 Å². The third kappa shape index (κ3) is 4.03. The maximum atomic E-state index is 12.6. The number of alkyl halides is 3. The number of nitrogens with zero attached hydrogens (tertiary/aromatic N) is 5. The molecular weight excluding hydrogens is 387 g/mol. The molecule has 0 fully saturated rings. The lowest BCUT2D eigenvalue weighted by Crippen LogP contribution is -2.18. The van der Waals surface area contributed by atoms with Crippen molar-refractivity contribution in [1.29, 1.82) is 0 Å². The summed E-state index contributed by atoms with van der Waals surface area (Å²) in [5.41, 5.74) is 7.87. The normalized spacial score (nSPS) is 11.6. The monoisotopic (exact) mass is 407 g/mol. The molecule has 0 aliphatic rings. The van der Waals surface area contributed by atoms with Crippen LogP contribution in [0.4, 0.5) is 24.8 Å². The van der Waals surface area contributed by atoms with E-state index in [1.54, 1.807) is 30.6 Å². The van der Waals surface area contributed by atoms with Crippen LogP contribution in [0.5, 0.6) is 5.75 Å². The van der Waals surface area contributed by atoms with Gasteiger partial charge >= 0.3 is 6.36 Å². The van der Waals surface area contributed by atoms with E-state index in [4.69, 9.17) is 5.73 Å². The minimum atomic E-state index is -4.77. The Bertz CT molecular complexity index is 1170. The number of fused-ring (bicyclic) bond motifs is 1. The van der Waals surface area contributed by atoms with Crippen LogP contribution < -0.4 is 15.8 Å². The standard InChI is InChI=1S/C18H14F3N7O.3H2/c19-18(20,21)29-13-5-2-1-4-11(13)9-24-14-8-12(25-10-26-14)15-16(22)27-28-7-3-6-23-17(15)28;;;/h1-8,10H,9H2,(H2,22,27)(H,24,25,26);3*1H. The second-order valence-electron chi connectivity index (χ2n) is 5.95. The van der Waals surface area contributed by atoms with Crippen molar-refractivity contribution >= 4 is 17.3 Å². The lowest BCUT2D eigenvalue weighted by molar-refractivity contribution is -0.274. The molecule has 0 saturated carbocycles. The Hall–Kier alpha value is -3.89. The summed E-state index contributed by atoms with van der Waals surface area (Å²) in [5, 5.41) is 7.16. The molecule has 29 heavy (non-hydrogen) atoms. The average Bonchev–Trinajstić information content (AvgIpc) is 3.02. The lowest BCUT2D eigenvalue weighted by atomic mass is 10.2. The Balaban J connectivity index is 0.00000171. The van der Waals surface area contributed by atoms with Crippen LogP contribution in [0, 0.1) is 0 Å². The number of ether oxygens (including phenoxy) is 1. The van der Waals surface area contributed by atoms with Crippen LogP contribution in [0.2, 0.25) is 0 Å². The molecule has 4 rings (SSSR count). The predicted molar refractivity (Wildman–Crippen MR) is 105 cm³/mol. The highest BCUT2D eigenvalue weighted by Crippen LogP contribution is 2.29. The fourth-order valence-electron chi connectivity index (χ4n) is 2.80. The summed E-state index contributed by atoms with van der Waals surface area (Å²) in [7, 11) is 0. The highest BCUT2D eigenvalue weighted by molar-refractivity contribution is 5.84. The zero-order valence-corrected chi connectivity index (χ0v) is 14.8. The van der Waals surface area contributed by atoms with Crippen LogP contribution in [0.1, 0.15) is 9.84 Å². The quantitative estimate of drug-likeness (QED) is 0.515. The summed E-state index contributed by atoms with van der Waals surface area (Å²) in [5.74, 6) is 0.363. The largest absolute Gasteiger partial charge is 0.573 e. The van der Waals surface area contributed by atoms with E-state index in [0.717, 1.165) is 0 Å². The van der Waals surface area contributed by atoms with Gasteiger partial charge < -0.3 is 15.8 Å². The van der Waals surface area contributed by atoms with Crippen molar-refractivity contribution in [3.05, 3.63) is 60.7 Å². The Kier molecular flexibility index (Phi) is 4.63. The first-order valence-electron chi connectivity index (χ1n) is 8.39. The van der Waals surface area contributed by atoms with E-state index in [1.165, 1.54) is 29.0 Å². The SMILES string of the molecule is Nc1nn2cccnc2c1-c1cc(NCc2ccccc2OC(F)(F)F)ncn1.[HH].[HH].[HH]. The van der Waals surface area contributed by atoms with Gasteiger partial charge in [-0.2, -0.15) is 0 Å². The Morgan fingerprint density at radius 3 is 2.79 bits per heavy atom. The predicted octanol–water partition coefficient (Wildman–Crippen LogP) is 4.02. The molecule has 0 spiro atoms. The summed E-state index contributed by atoms with van der Waals surface area (Å²) >= 11 is 0.